The number of anilines is 2. The van der Waals surface area contributed by atoms with Crippen LogP contribution in [0.25, 0.3) is 17.2 Å². The minimum atomic E-state index is -4.62. The number of aryl methyl sites for hydroxylation is 1. The van der Waals surface area contributed by atoms with Crippen LogP contribution in [0.3, 0.4) is 0 Å². The Morgan fingerprint density at radius 3 is 2.48 bits per heavy atom. The van der Waals surface area contributed by atoms with Crippen molar-refractivity contribution in [2.24, 2.45) is 0 Å². The fourth-order valence-corrected chi connectivity index (χ4v) is 7.14. The summed E-state index contributed by atoms with van der Waals surface area (Å²) >= 11 is 6.16. The van der Waals surface area contributed by atoms with E-state index in [-0.39, 0.29) is 84.3 Å². The summed E-state index contributed by atoms with van der Waals surface area (Å²) in [6.07, 6.45) is -2.28. The van der Waals surface area contributed by atoms with Gasteiger partial charge in [0.25, 0.3) is 11.5 Å². The zero-order valence-electron chi connectivity index (χ0n) is 29.6. The molecule has 2 N–H and O–H groups in total. The van der Waals surface area contributed by atoms with E-state index in [9.17, 15) is 32.7 Å². The highest BCUT2D eigenvalue weighted by atomic mass is 35.5. The minimum absolute atomic E-state index is 0.0161. The second kappa shape index (κ2) is 14.4. The molecule has 1 saturated heterocycles. The van der Waals surface area contributed by atoms with Crippen molar-refractivity contribution in [3.8, 4) is 17.1 Å². The van der Waals surface area contributed by atoms with Gasteiger partial charge in [-0.1, -0.05) is 30.7 Å². The van der Waals surface area contributed by atoms with Crippen molar-refractivity contribution in [1.29, 1.82) is 0 Å². The molecule has 7 rings (SSSR count). The number of nitrogens with zero attached hydrogens (tertiary/aromatic N) is 9. The summed E-state index contributed by atoms with van der Waals surface area (Å²) in [6.45, 7) is 5.57. The second-order valence-electron chi connectivity index (χ2n) is 13.3. The molecule has 2 amide bonds. The number of nitrogens with one attached hydrogen (secondary N) is 1. The van der Waals surface area contributed by atoms with Crippen molar-refractivity contribution in [2.45, 2.75) is 46.0 Å². The smallest absolute Gasteiger partial charge is 0.416 e. The van der Waals surface area contributed by atoms with Crippen LogP contribution in [0.2, 0.25) is 5.02 Å². The van der Waals surface area contributed by atoms with Gasteiger partial charge in [-0.05, 0) is 62.2 Å². The largest absolute Gasteiger partial charge is 0.504 e. The van der Waals surface area contributed by atoms with Gasteiger partial charge in [0.15, 0.2) is 17.3 Å². The number of amides is 2. The number of hydrogen-bond donors (Lipinski definition) is 2. The Kier molecular flexibility index (Phi) is 9.78. The molecule has 2 aliphatic heterocycles. The molecule has 0 aliphatic carbocycles. The molecular formula is C36H36ClF3N10O4. The van der Waals surface area contributed by atoms with Gasteiger partial charge in [-0.25, -0.2) is 9.97 Å². The third-order valence-electron chi connectivity index (χ3n) is 9.79. The summed E-state index contributed by atoms with van der Waals surface area (Å²) in [5.74, 6) is -1.01. The lowest BCUT2D eigenvalue weighted by Crippen LogP contribution is -2.51. The van der Waals surface area contributed by atoms with Crippen LogP contribution in [0, 0.1) is 6.92 Å². The Hall–Kier alpha value is -5.55. The Morgan fingerprint density at radius 2 is 1.78 bits per heavy atom. The zero-order valence-corrected chi connectivity index (χ0v) is 30.4. The number of benzene rings is 2. The number of aromatic hydroxyl groups is 1. The van der Waals surface area contributed by atoms with Crippen molar-refractivity contribution >= 4 is 40.6 Å². The van der Waals surface area contributed by atoms with Crippen LogP contribution in [0.4, 0.5) is 24.5 Å². The van der Waals surface area contributed by atoms with Gasteiger partial charge in [0.05, 0.1) is 27.7 Å². The number of hydrogen-bond acceptors (Lipinski definition) is 10. The Bertz CT molecular complexity index is 2350. The van der Waals surface area contributed by atoms with Gasteiger partial charge < -0.3 is 29.7 Å². The van der Waals surface area contributed by atoms with E-state index in [1.807, 2.05) is 30.0 Å². The molecule has 14 nitrogen and oxygen atoms in total. The predicted octanol–water partition coefficient (Wildman–Crippen LogP) is 4.19. The standard InChI is InChI=1S/C36H36ClF3N10O4/c1-4-27-30(47-11-13-48(14-12-47)33(53)29-31(52)20(2)41-19-42-29)34(54)50-35(44-32(45-50)22-5-6-23-17-46(3)10-9-21(23)15-22)49(27)18-28(51)43-26-8-7-24(16-25(26)37)36(38,39)40/h5-8,15-16,19,52H,4,9-14,17-18H2,1-3H3,(H,43,51). The quantitative estimate of drug-likeness (QED) is 0.247. The average Bonchev–Trinajstić information content (AvgIpc) is 3.60. The number of alkyl halides is 3. The van der Waals surface area contributed by atoms with Gasteiger partial charge in [0, 0.05) is 44.8 Å². The van der Waals surface area contributed by atoms with Crippen LogP contribution in [0.15, 0.2) is 47.5 Å². The molecule has 0 bridgehead atoms. The highest BCUT2D eigenvalue weighted by Gasteiger charge is 2.32. The molecule has 3 aromatic heterocycles. The molecule has 0 atom stereocenters. The lowest BCUT2D eigenvalue weighted by atomic mass is 9.97. The van der Waals surface area contributed by atoms with Crippen LogP contribution >= 0.6 is 11.6 Å². The van der Waals surface area contributed by atoms with Gasteiger partial charge >= 0.3 is 6.18 Å². The van der Waals surface area contributed by atoms with E-state index in [1.54, 1.807) is 11.5 Å². The number of fused-ring (bicyclic) bond motifs is 2. The second-order valence-corrected chi connectivity index (χ2v) is 13.7. The fraction of sp³-hybridized carbons (Fsp3) is 0.361. The molecule has 2 aromatic carbocycles. The van der Waals surface area contributed by atoms with E-state index < -0.39 is 29.1 Å². The maximum atomic E-state index is 14.4. The molecular weight excluding hydrogens is 729 g/mol. The van der Waals surface area contributed by atoms with Crippen LogP contribution in [0.5, 0.6) is 5.75 Å². The maximum Gasteiger partial charge on any atom is 0.416 e. The van der Waals surface area contributed by atoms with E-state index in [0.29, 0.717) is 11.3 Å². The van der Waals surface area contributed by atoms with E-state index in [0.717, 1.165) is 47.8 Å². The first-order valence-corrected chi connectivity index (χ1v) is 17.7. The molecule has 54 heavy (non-hydrogen) atoms. The van der Waals surface area contributed by atoms with Crippen molar-refractivity contribution in [3.63, 3.8) is 0 Å². The van der Waals surface area contributed by atoms with E-state index in [4.69, 9.17) is 16.6 Å². The zero-order chi connectivity index (χ0) is 38.5. The van der Waals surface area contributed by atoms with E-state index in [1.165, 1.54) is 16.8 Å². The van der Waals surface area contributed by atoms with Gasteiger partial charge in [0.1, 0.15) is 18.6 Å². The third-order valence-corrected chi connectivity index (χ3v) is 10.1. The van der Waals surface area contributed by atoms with E-state index in [2.05, 4.69) is 32.3 Å². The number of piperazine rings is 1. The van der Waals surface area contributed by atoms with Crippen molar-refractivity contribution in [1.82, 2.24) is 38.9 Å². The maximum absolute atomic E-state index is 14.4. The highest BCUT2D eigenvalue weighted by molar-refractivity contribution is 6.33. The number of carbonyl (C=O) groups is 2. The van der Waals surface area contributed by atoms with Gasteiger partial charge in [-0.15, -0.1) is 5.10 Å². The van der Waals surface area contributed by atoms with Crippen molar-refractivity contribution in [2.75, 3.05) is 50.0 Å². The minimum Gasteiger partial charge on any atom is -0.504 e. The monoisotopic (exact) mass is 764 g/mol. The predicted molar refractivity (Wildman–Crippen MR) is 194 cm³/mol. The first-order chi connectivity index (χ1) is 25.7. The molecule has 0 radical (unpaired) electrons. The summed E-state index contributed by atoms with van der Waals surface area (Å²) in [5.41, 5.74) is 2.49. The molecule has 2 aliphatic rings. The highest BCUT2D eigenvalue weighted by Crippen LogP contribution is 2.34. The Balaban J connectivity index is 1.26. The van der Waals surface area contributed by atoms with Crippen molar-refractivity contribution in [3.05, 3.63) is 91.9 Å². The summed E-state index contributed by atoms with van der Waals surface area (Å²) in [6, 6.07) is 8.58. The molecule has 282 valence electrons. The molecule has 0 unspecified atom stereocenters. The van der Waals surface area contributed by atoms with Crippen LogP contribution in [-0.2, 0) is 36.9 Å². The average molecular weight is 765 g/mol. The van der Waals surface area contributed by atoms with E-state index >= 15 is 0 Å². The molecule has 0 spiro atoms. The van der Waals surface area contributed by atoms with Gasteiger partial charge in [-0.3, -0.25) is 14.4 Å². The molecule has 0 saturated carbocycles. The summed E-state index contributed by atoms with van der Waals surface area (Å²) in [5, 5.41) is 17.4. The van der Waals surface area contributed by atoms with Crippen molar-refractivity contribution < 1.29 is 27.9 Å². The fourth-order valence-electron chi connectivity index (χ4n) is 6.92. The molecule has 1 fully saturated rings. The molecule has 5 aromatic rings. The first-order valence-electron chi connectivity index (χ1n) is 17.3. The summed E-state index contributed by atoms with van der Waals surface area (Å²) in [4.78, 5) is 59.6. The first kappa shape index (κ1) is 36.8. The SMILES string of the molecule is CCc1c(N2CCN(C(=O)c3ncnc(C)c3O)CC2)c(=O)n2nc(-c3ccc4c(c3)CCN(C)C4)nc2n1CC(=O)Nc1ccc(C(F)(F)F)cc1Cl. The van der Waals surface area contributed by atoms with Crippen LogP contribution in [-0.4, -0.2) is 95.6 Å². The number of halogens is 4. The Morgan fingerprint density at radius 1 is 1.02 bits per heavy atom. The van der Waals surface area contributed by atoms with Crippen LogP contribution in [0.1, 0.15) is 45.5 Å². The van der Waals surface area contributed by atoms with Crippen LogP contribution < -0.4 is 15.8 Å². The number of likely N-dealkylation sites (N-methyl/N-ethyl adjacent to an activating group) is 1. The summed E-state index contributed by atoms with van der Waals surface area (Å²) in [7, 11) is 2.06. The Labute approximate surface area is 311 Å². The van der Waals surface area contributed by atoms with Gasteiger partial charge in [-0.2, -0.15) is 22.7 Å². The number of aromatic nitrogens is 6. The molecule has 5 heterocycles. The number of carbonyl (C=O) groups excluding carboxylic acids is 2. The normalized spacial score (nSPS) is 15.1. The molecule has 18 heteroatoms. The third kappa shape index (κ3) is 6.96. The summed E-state index contributed by atoms with van der Waals surface area (Å²) < 4.78 is 42.5. The topological polar surface area (TPSA) is 154 Å². The lowest BCUT2D eigenvalue weighted by Gasteiger charge is -2.36. The van der Waals surface area contributed by atoms with Gasteiger partial charge in [0.2, 0.25) is 11.7 Å². The number of rotatable bonds is 7. The lowest BCUT2D eigenvalue weighted by molar-refractivity contribution is -0.137.